The molecule has 1 N–H and O–H groups in total. The predicted octanol–water partition coefficient (Wildman–Crippen LogP) is 4.70. The first kappa shape index (κ1) is 16.0. The van der Waals surface area contributed by atoms with Gasteiger partial charge < -0.3 is 10.1 Å². The number of rotatable bonds is 8. The number of benzene rings is 1. The van der Waals surface area contributed by atoms with Gasteiger partial charge in [0.05, 0.1) is 6.10 Å². The zero-order chi connectivity index (χ0) is 14.4. The van der Waals surface area contributed by atoms with Crippen molar-refractivity contribution in [1.82, 2.24) is 5.32 Å². The summed E-state index contributed by atoms with van der Waals surface area (Å²) >= 11 is 3.55. The summed E-state index contributed by atoms with van der Waals surface area (Å²) in [6.07, 6.45) is 5.57. The summed E-state index contributed by atoms with van der Waals surface area (Å²) in [6.45, 7) is 6.10. The molecule has 2 nitrogen and oxygen atoms in total. The van der Waals surface area contributed by atoms with Crippen LogP contribution in [0.1, 0.15) is 51.2 Å². The molecule has 1 saturated carbocycles. The second kappa shape index (κ2) is 8.16. The van der Waals surface area contributed by atoms with Crippen molar-refractivity contribution in [2.45, 2.75) is 51.7 Å². The molecule has 0 heterocycles. The normalized spacial score (nSPS) is 17.2. The first-order valence-electron chi connectivity index (χ1n) is 7.75. The van der Waals surface area contributed by atoms with Crippen LogP contribution in [-0.2, 0) is 4.74 Å². The summed E-state index contributed by atoms with van der Waals surface area (Å²) in [6, 6.07) is 8.94. The van der Waals surface area contributed by atoms with Crippen LogP contribution in [0.5, 0.6) is 0 Å². The molecule has 1 atom stereocenters. The van der Waals surface area contributed by atoms with Crippen LogP contribution in [-0.4, -0.2) is 19.2 Å². The fourth-order valence-corrected chi connectivity index (χ4v) is 2.90. The molecule has 1 aliphatic carbocycles. The van der Waals surface area contributed by atoms with Crippen molar-refractivity contribution >= 4 is 15.9 Å². The monoisotopic (exact) mass is 339 g/mol. The molecule has 0 bridgehead atoms. The maximum atomic E-state index is 6.16. The Hall–Kier alpha value is -0.380. The largest absolute Gasteiger partial charge is 0.372 e. The van der Waals surface area contributed by atoms with Gasteiger partial charge in [-0.25, -0.2) is 0 Å². The van der Waals surface area contributed by atoms with Gasteiger partial charge in [0.25, 0.3) is 0 Å². The Morgan fingerprint density at radius 3 is 2.75 bits per heavy atom. The molecule has 2 rings (SSSR count). The van der Waals surface area contributed by atoms with Crippen LogP contribution in [0.15, 0.2) is 28.7 Å². The molecule has 1 aliphatic rings. The van der Waals surface area contributed by atoms with Crippen LogP contribution in [0.25, 0.3) is 0 Å². The molecule has 1 unspecified atom stereocenters. The van der Waals surface area contributed by atoms with Crippen molar-refractivity contribution in [2.75, 3.05) is 13.2 Å². The minimum absolute atomic E-state index is 0.148. The summed E-state index contributed by atoms with van der Waals surface area (Å²) in [4.78, 5) is 0. The summed E-state index contributed by atoms with van der Waals surface area (Å²) in [5.41, 5.74) is 1.25. The maximum absolute atomic E-state index is 6.16. The second-order valence-electron chi connectivity index (χ2n) is 6.06. The molecule has 112 valence electrons. The Morgan fingerprint density at radius 1 is 1.35 bits per heavy atom. The van der Waals surface area contributed by atoms with Gasteiger partial charge in [0, 0.05) is 23.7 Å². The van der Waals surface area contributed by atoms with E-state index in [1.807, 2.05) is 0 Å². The van der Waals surface area contributed by atoms with Crippen LogP contribution >= 0.6 is 15.9 Å². The van der Waals surface area contributed by atoms with Gasteiger partial charge in [-0.3, -0.25) is 0 Å². The van der Waals surface area contributed by atoms with Gasteiger partial charge in [0.2, 0.25) is 0 Å². The fraction of sp³-hybridized carbons (Fsp3) is 0.647. The van der Waals surface area contributed by atoms with Crippen molar-refractivity contribution in [3.05, 3.63) is 34.3 Å². The molecule has 1 aromatic rings. The van der Waals surface area contributed by atoms with Gasteiger partial charge in [-0.05, 0) is 30.0 Å². The van der Waals surface area contributed by atoms with Gasteiger partial charge in [-0.2, -0.15) is 0 Å². The number of hydrogen-bond donors (Lipinski definition) is 1. The number of nitrogens with one attached hydrogen (secondary N) is 1. The lowest BCUT2D eigenvalue weighted by Gasteiger charge is -2.27. The van der Waals surface area contributed by atoms with Crippen LogP contribution in [0, 0.1) is 5.92 Å². The molecule has 0 aliphatic heterocycles. The van der Waals surface area contributed by atoms with E-state index in [2.05, 4.69) is 59.4 Å². The summed E-state index contributed by atoms with van der Waals surface area (Å²) in [5, 5.41) is 3.49. The highest BCUT2D eigenvalue weighted by atomic mass is 79.9. The number of hydrogen-bond acceptors (Lipinski definition) is 2. The Balaban J connectivity index is 1.88. The highest BCUT2D eigenvalue weighted by molar-refractivity contribution is 9.10. The van der Waals surface area contributed by atoms with Crippen molar-refractivity contribution in [1.29, 1.82) is 0 Å². The van der Waals surface area contributed by atoms with Crippen molar-refractivity contribution < 1.29 is 4.74 Å². The van der Waals surface area contributed by atoms with Gasteiger partial charge in [0.1, 0.15) is 0 Å². The van der Waals surface area contributed by atoms with E-state index in [9.17, 15) is 0 Å². The van der Waals surface area contributed by atoms with E-state index in [0.717, 1.165) is 23.5 Å². The first-order chi connectivity index (χ1) is 9.65. The molecule has 1 aromatic carbocycles. The molecule has 0 amide bonds. The van der Waals surface area contributed by atoms with E-state index in [1.54, 1.807) is 0 Å². The van der Waals surface area contributed by atoms with Crippen LogP contribution in [0.2, 0.25) is 0 Å². The zero-order valence-corrected chi connectivity index (χ0v) is 14.2. The van der Waals surface area contributed by atoms with E-state index in [0.29, 0.717) is 6.04 Å². The molecule has 3 heteroatoms. The standard InChI is InChI=1S/C17H26BrNO/c1-13(2)19-12-17(15-7-4-8-16(18)11-15)20-10-9-14-5-3-6-14/h4,7-8,11,13-14,17,19H,3,5-6,9-10,12H2,1-2H3. The highest BCUT2D eigenvalue weighted by Gasteiger charge is 2.18. The Kier molecular flexibility index (Phi) is 6.53. The quantitative estimate of drug-likeness (QED) is 0.741. The third kappa shape index (κ3) is 5.19. The highest BCUT2D eigenvalue weighted by Crippen LogP contribution is 2.30. The fourth-order valence-electron chi connectivity index (χ4n) is 2.48. The second-order valence-corrected chi connectivity index (χ2v) is 6.98. The predicted molar refractivity (Wildman–Crippen MR) is 87.9 cm³/mol. The van der Waals surface area contributed by atoms with Crippen molar-refractivity contribution in [3.8, 4) is 0 Å². The Morgan fingerprint density at radius 2 is 2.15 bits per heavy atom. The summed E-state index contributed by atoms with van der Waals surface area (Å²) in [7, 11) is 0. The Labute approximate surface area is 131 Å². The molecule has 0 aromatic heterocycles. The average Bonchev–Trinajstić information content (AvgIpc) is 2.35. The lowest BCUT2D eigenvalue weighted by atomic mass is 9.83. The minimum Gasteiger partial charge on any atom is -0.372 e. The topological polar surface area (TPSA) is 21.3 Å². The summed E-state index contributed by atoms with van der Waals surface area (Å²) in [5.74, 6) is 0.913. The van der Waals surface area contributed by atoms with E-state index in [4.69, 9.17) is 4.74 Å². The van der Waals surface area contributed by atoms with Crippen molar-refractivity contribution in [3.63, 3.8) is 0 Å². The summed E-state index contributed by atoms with van der Waals surface area (Å²) < 4.78 is 7.27. The third-order valence-electron chi connectivity index (χ3n) is 4.00. The van der Waals surface area contributed by atoms with Gasteiger partial charge in [-0.15, -0.1) is 0 Å². The van der Waals surface area contributed by atoms with Gasteiger partial charge in [-0.1, -0.05) is 61.2 Å². The average molecular weight is 340 g/mol. The molecule has 0 radical (unpaired) electrons. The van der Waals surface area contributed by atoms with E-state index < -0.39 is 0 Å². The number of halogens is 1. The lowest BCUT2D eigenvalue weighted by molar-refractivity contribution is 0.0361. The van der Waals surface area contributed by atoms with Crippen LogP contribution in [0.3, 0.4) is 0 Å². The smallest absolute Gasteiger partial charge is 0.0949 e. The third-order valence-corrected chi connectivity index (χ3v) is 4.50. The van der Waals surface area contributed by atoms with Crippen molar-refractivity contribution in [2.24, 2.45) is 5.92 Å². The molecular formula is C17H26BrNO. The maximum Gasteiger partial charge on any atom is 0.0949 e. The molecule has 1 fully saturated rings. The van der Waals surface area contributed by atoms with Crippen LogP contribution in [0.4, 0.5) is 0 Å². The zero-order valence-electron chi connectivity index (χ0n) is 12.6. The lowest BCUT2D eigenvalue weighted by Crippen LogP contribution is -2.29. The van der Waals surface area contributed by atoms with E-state index >= 15 is 0 Å². The Bertz CT molecular complexity index is 404. The first-order valence-corrected chi connectivity index (χ1v) is 8.55. The molecule has 20 heavy (non-hydrogen) atoms. The molecule has 0 saturated heterocycles. The van der Waals surface area contributed by atoms with Gasteiger partial charge >= 0.3 is 0 Å². The minimum atomic E-state index is 0.148. The SMILES string of the molecule is CC(C)NCC(OCCC1CCC1)c1cccc(Br)c1. The van der Waals surface area contributed by atoms with Gasteiger partial charge in [0.15, 0.2) is 0 Å². The number of ether oxygens (including phenoxy) is 1. The van der Waals surface area contributed by atoms with E-state index in [-0.39, 0.29) is 6.10 Å². The molecule has 0 spiro atoms. The van der Waals surface area contributed by atoms with E-state index in [1.165, 1.54) is 31.2 Å². The molecular weight excluding hydrogens is 314 g/mol. The van der Waals surface area contributed by atoms with Crippen LogP contribution < -0.4 is 5.32 Å².